The fraction of sp³-hybridized carbons (Fsp3) is 0.333. The van der Waals surface area contributed by atoms with Gasteiger partial charge in [-0.3, -0.25) is 14.1 Å². The average Bonchev–Trinajstić information content (AvgIpc) is 3.62. The molecule has 5 heterocycles. The van der Waals surface area contributed by atoms with Crippen molar-refractivity contribution in [3.05, 3.63) is 58.2 Å². The fourth-order valence-corrected chi connectivity index (χ4v) is 6.08. The molecule has 1 aromatic carbocycles. The van der Waals surface area contributed by atoms with E-state index in [1.807, 2.05) is 34.7 Å². The molecular weight excluding hydrogens is 468 g/mol. The highest BCUT2D eigenvalue weighted by molar-refractivity contribution is 7.21. The SMILES string of the molecule is Cc1ccc(-c2noc(CCCN3CCN(C(=O)c4cc5c(nc6sccn65)s4)CC3)n2)cc1. The number of thiazole rings is 1. The van der Waals surface area contributed by atoms with Crippen LogP contribution in [0.15, 0.2) is 46.4 Å². The Labute approximate surface area is 204 Å². The van der Waals surface area contributed by atoms with Gasteiger partial charge >= 0.3 is 0 Å². The zero-order valence-corrected chi connectivity index (χ0v) is 20.4. The molecule has 174 valence electrons. The summed E-state index contributed by atoms with van der Waals surface area (Å²) in [6, 6.07) is 10.1. The maximum atomic E-state index is 13.0. The summed E-state index contributed by atoms with van der Waals surface area (Å²) < 4.78 is 7.49. The highest BCUT2D eigenvalue weighted by Gasteiger charge is 2.24. The van der Waals surface area contributed by atoms with Crippen LogP contribution >= 0.6 is 22.7 Å². The van der Waals surface area contributed by atoms with Crippen molar-refractivity contribution in [2.24, 2.45) is 0 Å². The molecule has 0 radical (unpaired) electrons. The number of nitrogens with zero attached hydrogens (tertiary/aromatic N) is 6. The predicted molar refractivity (Wildman–Crippen MR) is 134 cm³/mol. The number of hydrogen-bond acceptors (Lipinski definition) is 8. The van der Waals surface area contributed by atoms with Gasteiger partial charge in [-0.2, -0.15) is 4.98 Å². The molecule has 0 aliphatic carbocycles. The average molecular weight is 493 g/mol. The Morgan fingerprint density at radius 3 is 2.76 bits per heavy atom. The van der Waals surface area contributed by atoms with E-state index >= 15 is 0 Å². The molecular formula is C24H24N6O2S2. The van der Waals surface area contributed by atoms with Gasteiger partial charge in [-0.1, -0.05) is 35.0 Å². The summed E-state index contributed by atoms with van der Waals surface area (Å²) in [7, 11) is 0. The van der Waals surface area contributed by atoms with Crippen molar-refractivity contribution in [3.63, 3.8) is 0 Å². The van der Waals surface area contributed by atoms with Crippen molar-refractivity contribution >= 4 is 43.9 Å². The van der Waals surface area contributed by atoms with Gasteiger partial charge in [0.2, 0.25) is 11.7 Å². The predicted octanol–water partition coefficient (Wildman–Crippen LogP) is 4.36. The van der Waals surface area contributed by atoms with Crippen LogP contribution in [0.2, 0.25) is 0 Å². The Bertz CT molecular complexity index is 1440. The number of aromatic nitrogens is 4. The van der Waals surface area contributed by atoms with Crippen molar-refractivity contribution in [1.82, 2.24) is 29.3 Å². The summed E-state index contributed by atoms with van der Waals surface area (Å²) in [5.74, 6) is 1.43. The van der Waals surface area contributed by atoms with Gasteiger partial charge in [-0.05, 0) is 26.0 Å². The fourth-order valence-electron chi connectivity index (χ4n) is 4.31. The molecule has 1 fully saturated rings. The first-order valence-electron chi connectivity index (χ1n) is 11.4. The van der Waals surface area contributed by atoms with Crippen molar-refractivity contribution in [2.45, 2.75) is 19.8 Å². The first-order chi connectivity index (χ1) is 16.6. The number of rotatable bonds is 6. The lowest BCUT2D eigenvalue weighted by Gasteiger charge is -2.34. The number of benzene rings is 1. The summed E-state index contributed by atoms with van der Waals surface area (Å²) in [5.41, 5.74) is 3.20. The Morgan fingerprint density at radius 2 is 1.94 bits per heavy atom. The van der Waals surface area contributed by atoms with Crippen LogP contribution in [-0.2, 0) is 6.42 Å². The minimum atomic E-state index is 0.112. The van der Waals surface area contributed by atoms with E-state index in [2.05, 4.69) is 43.5 Å². The third-order valence-corrected chi connectivity index (χ3v) is 8.02. The number of carbonyl (C=O) groups is 1. The Morgan fingerprint density at radius 1 is 1.12 bits per heavy atom. The third kappa shape index (κ3) is 4.13. The quantitative estimate of drug-likeness (QED) is 0.350. The molecule has 0 atom stereocenters. The lowest BCUT2D eigenvalue weighted by atomic mass is 10.1. The maximum absolute atomic E-state index is 13.0. The van der Waals surface area contributed by atoms with Crippen LogP contribution in [0.25, 0.3) is 26.7 Å². The van der Waals surface area contributed by atoms with E-state index in [-0.39, 0.29) is 5.91 Å². The zero-order valence-electron chi connectivity index (χ0n) is 18.8. The molecule has 1 saturated heterocycles. The highest BCUT2D eigenvalue weighted by atomic mass is 32.1. The molecule has 1 amide bonds. The van der Waals surface area contributed by atoms with Crippen molar-refractivity contribution in [2.75, 3.05) is 32.7 Å². The number of carbonyl (C=O) groups excluding carboxylic acids is 1. The van der Waals surface area contributed by atoms with E-state index in [4.69, 9.17) is 4.52 Å². The van der Waals surface area contributed by atoms with Gasteiger partial charge in [0.25, 0.3) is 5.91 Å². The molecule has 0 unspecified atom stereocenters. The Balaban J connectivity index is 0.992. The van der Waals surface area contributed by atoms with Crippen LogP contribution in [0.5, 0.6) is 0 Å². The molecule has 1 aliphatic rings. The number of aryl methyl sites for hydroxylation is 2. The second kappa shape index (κ2) is 8.94. The molecule has 6 rings (SSSR count). The molecule has 0 bridgehead atoms. The van der Waals surface area contributed by atoms with E-state index in [0.29, 0.717) is 11.7 Å². The summed E-state index contributed by atoms with van der Waals surface area (Å²) >= 11 is 3.10. The third-order valence-electron chi connectivity index (χ3n) is 6.25. The van der Waals surface area contributed by atoms with Gasteiger partial charge < -0.3 is 9.42 Å². The maximum Gasteiger partial charge on any atom is 0.264 e. The molecule has 1 aliphatic heterocycles. The van der Waals surface area contributed by atoms with Gasteiger partial charge in [0.1, 0.15) is 4.83 Å². The van der Waals surface area contributed by atoms with Crippen molar-refractivity contribution in [3.8, 4) is 11.4 Å². The molecule has 10 heteroatoms. The van der Waals surface area contributed by atoms with E-state index < -0.39 is 0 Å². The largest absolute Gasteiger partial charge is 0.339 e. The van der Waals surface area contributed by atoms with Gasteiger partial charge in [0.15, 0.2) is 4.96 Å². The summed E-state index contributed by atoms with van der Waals surface area (Å²) in [5, 5.41) is 6.13. The number of fused-ring (bicyclic) bond motifs is 3. The van der Waals surface area contributed by atoms with Crippen molar-refractivity contribution < 1.29 is 9.32 Å². The minimum Gasteiger partial charge on any atom is -0.339 e. The smallest absolute Gasteiger partial charge is 0.264 e. The van der Waals surface area contributed by atoms with E-state index in [0.717, 1.165) is 71.3 Å². The molecule has 4 aromatic heterocycles. The van der Waals surface area contributed by atoms with Crippen LogP contribution in [0.1, 0.15) is 27.5 Å². The van der Waals surface area contributed by atoms with Gasteiger partial charge in [0, 0.05) is 49.7 Å². The summed E-state index contributed by atoms with van der Waals surface area (Å²) in [6.45, 7) is 6.25. The molecule has 8 nitrogen and oxygen atoms in total. The number of imidazole rings is 1. The van der Waals surface area contributed by atoms with Crippen LogP contribution in [-0.4, -0.2) is 68.0 Å². The summed E-state index contributed by atoms with van der Waals surface area (Å²) in [6.07, 6.45) is 3.71. The number of hydrogen-bond donors (Lipinski definition) is 0. The van der Waals surface area contributed by atoms with Crippen LogP contribution in [0.3, 0.4) is 0 Å². The van der Waals surface area contributed by atoms with E-state index in [9.17, 15) is 4.79 Å². The number of amides is 1. The topological polar surface area (TPSA) is 79.8 Å². The van der Waals surface area contributed by atoms with Crippen molar-refractivity contribution in [1.29, 1.82) is 0 Å². The van der Waals surface area contributed by atoms with E-state index in [1.165, 1.54) is 16.9 Å². The minimum absolute atomic E-state index is 0.112. The second-order valence-corrected chi connectivity index (χ2v) is 10.5. The number of piperazine rings is 1. The van der Waals surface area contributed by atoms with Gasteiger partial charge in [0.05, 0.1) is 10.4 Å². The standard InChI is InChI=1S/C24H24N6O2S2/c1-16-4-6-17(7-5-16)21-25-20(32-27-21)3-2-8-28-9-11-29(12-10-28)23(31)19-15-18-22(34-19)26-24-30(18)13-14-33-24/h4-7,13-15H,2-3,8-12H2,1H3. The lowest BCUT2D eigenvalue weighted by molar-refractivity contribution is 0.0640. The first kappa shape index (κ1) is 21.5. The van der Waals surface area contributed by atoms with Crippen LogP contribution in [0.4, 0.5) is 0 Å². The van der Waals surface area contributed by atoms with Gasteiger partial charge in [-0.15, -0.1) is 22.7 Å². The summed E-state index contributed by atoms with van der Waals surface area (Å²) in [4.78, 5) is 29.2. The Hall–Kier alpha value is -3.08. The van der Waals surface area contributed by atoms with Gasteiger partial charge in [-0.25, -0.2) is 4.98 Å². The van der Waals surface area contributed by atoms with E-state index in [1.54, 1.807) is 11.3 Å². The molecule has 0 N–H and O–H groups in total. The normalized spacial score (nSPS) is 15.0. The van der Waals surface area contributed by atoms with Crippen LogP contribution in [0, 0.1) is 6.92 Å². The molecule has 34 heavy (non-hydrogen) atoms. The zero-order chi connectivity index (χ0) is 23.1. The number of thiophene rings is 1. The monoisotopic (exact) mass is 492 g/mol. The molecule has 0 saturated carbocycles. The second-order valence-electron chi connectivity index (χ2n) is 8.58. The Kier molecular flexibility index (Phi) is 5.64. The first-order valence-corrected chi connectivity index (χ1v) is 13.1. The molecule has 0 spiro atoms. The highest BCUT2D eigenvalue weighted by Crippen LogP contribution is 2.29. The lowest BCUT2D eigenvalue weighted by Crippen LogP contribution is -2.48. The molecule has 5 aromatic rings. The van der Waals surface area contributed by atoms with Crippen LogP contribution < -0.4 is 0 Å².